The number of rotatable bonds is 7. The van der Waals surface area contributed by atoms with Crippen molar-refractivity contribution in [2.24, 2.45) is 4.99 Å². The van der Waals surface area contributed by atoms with Gasteiger partial charge in [-0.1, -0.05) is 49.2 Å². The summed E-state index contributed by atoms with van der Waals surface area (Å²) in [5.41, 5.74) is 2.07. The number of nitrogens with zero attached hydrogens (tertiary/aromatic N) is 1. The Labute approximate surface area is 163 Å². The minimum atomic E-state index is -0.464. The fraction of sp³-hybridized carbons (Fsp3) is 0.182. The highest BCUT2D eigenvalue weighted by atomic mass is 35.5. The molecule has 0 atom stereocenters. The van der Waals surface area contributed by atoms with Crippen molar-refractivity contribution in [3.63, 3.8) is 0 Å². The van der Waals surface area contributed by atoms with Gasteiger partial charge in [-0.15, -0.1) is 0 Å². The van der Waals surface area contributed by atoms with Gasteiger partial charge in [0.25, 0.3) is 0 Å². The van der Waals surface area contributed by atoms with E-state index in [1.165, 1.54) is 0 Å². The molecule has 27 heavy (non-hydrogen) atoms. The van der Waals surface area contributed by atoms with E-state index >= 15 is 0 Å². The molecule has 0 amide bonds. The lowest BCUT2D eigenvalue weighted by Crippen LogP contribution is -2.01. The number of benzene rings is 2. The lowest BCUT2D eigenvalue weighted by Gasteiger charge is -2.05. The van der Waals surface area contributed by atoms with E-state index in [1.807, 2.05) is 42.5 Å². The van der Waals surface area contributed by atoms with Crippen LogP contribution in [0, 0.1) is 0 Å². The quantitative estimate of drug-likeness (QED) is 0.360. The van der Waals surface area contributed by atoms with E-state index in [4.69, 9.17) is 21.1 Å². The molecule has 138 valence electrons. The Kier molecular flexibility index (Phi) is 6.44. The monoisotopic (exact) mass is 381 g/mol. The number of esters is 1. The molecule has 0 aliphatic carbocycles. The molecule has 2 aromatic rings. The van der Waals surface area contributed by atoms with Crippen molar-refractivity contribution in [3.8, 4) is 5.75 Å². The molecule has 0 bridgehead atoms. The Morgan fingerprint density at radius 2 is 1.74 bits per heavy atom. The molecular formula is C22H20ClNO3. The number of hydrogen-bond acceptors (Lipinski definition) is 4. The number of cyclic esters (lactones) is 1. The van der Waals surface area contributed by atoms with Crippen LogP contribution in [-0.4, -0.2) is 18.5 Å². The van der Waals surface area contributed by atoms with Gasteiger partial charge in [0.15, 0.2) is 5.70 Å². The smallest absolute Gasteiger partial charge is 0.363 e. The summed E-state index contributed by atoms with van der Waals surface area (Å²) in [5.74, 6) is 0.615. The minimum absolute atomic E-state index is 0.265. The Hall–Kier alpha value is -2.85. The molecule has 5 heteroatoms. The average Bonchev–Trinajstić information content (AvgIpc) is 3.02. The number of halogens is 1. The number of ether oxygens (including phenoxy) is 2. The van der Waals surface area contributed by atoms with Crippen LogP contribution in [0.5, 0.6) is 5.75 Å². The van der Waals surface area contributed by atoms with E-state index in [0.29, 0.717) is 11.6 Å². The van der Waals surface area contributed by atoms with Gasteiger partial charge in [0.1, 0.15) is 5.75 Å². The van der Waals surface area contributed by atoms with E-state index in [2.05, 4.69) is 11.9 Å². The SMILES string of the molecule is CCCCOc1ccc(/C=C2N=C(/C=C/c3ccc(Cl)cc3)OC/2=O)cc1. The van der Waals surface area contributed by atoms with Gasteiger partial charge in [-0.25, -0.2) is 9.79 Å². The first-order valence-corrected chi connectivity index (χ1v) is 9.21. The molecule has 0 N–H and O–H groups in total. The van der Waals surface area contributed by atoms with Crippen LogP contribution in [0.25, 0.3) is 12.2 Å². The van der Waals surface area contributed by atoms with Crippen LogP contribution in [0.2, 0.25) is 5.02 Å². The van der Waals surface area contributed by atoms with E-state index in [1.54, 1.807) is 24.3 Å². The zero-order valence-corrected chi connectivity index (χ0v) is 15.8. The Morgan fingerprint density at radius 3 is 2.44 bits per heavy atom. The van der Waals surface area contributed by atoms with Crippen LogP contribution in [0.4, 0.5) is 0 Å². The molecule has 0 radical (unpaired) electrons. The molecule has 3 rings (SSSR count). The van der Waals surface area contributed by atoms with Crippen molar-refractivity contribution in [2.45, 2.75) is 19.8 Å². The van der Waals surface area contributed by atoms with Gasteiger partial charge in [0, 0.05) is 11.1 Å². The zero-order valence-electron chi connectivity index (χ0n) is 15.0. The van der Waals surface area contributed by atoms with Crippen LogP contribution >= 0.6 is 11.6 Å². The third-order valence-electron chi connectivity index (χ3n) is 3.88. The van der Waals surface area contributed by atoms with E-state index in [-0.39, 0.29) is 11.6 Å². The molecule has 4 nitrogen and oxygen atoms in total. The van der Waals surface area contributed by atoms with E-state index < -0.39 is 5.97 Å². The molecular weight excluding hydrogens is 362 g/mol. The Morgan fingerprint density at radius 1 is 1.04 bits per heavy atom. The second-order valence-corrected chi connectivity index (χ2v) is 6.46. The summed E-state index contributed by atoms with van der Waals surface area (Å²) in [5, 5.41) is 0.670. The second kappa shape index (κ2) is 9.19. The van der Waals surface area contributed by atoms with Crippen molar-refractivity contribution in [2.75, 3.05) is 6.61 Å². The lowest BCUT2D eigenvalue weighted by atomic mass is 10.2. The molecule has 1 aliphatic heterocycles. The predicted molar refractivity (Wildman–Crippen MR) is 109 cm³/mol. The maximum atomic E-state index is 12.0. The van der Waals surface area contributed by atoms with Crippen LogP contribution in [0.15, 0.2) is 65.3 Å². The molecule has 1 heterocycles. The van der Waals surface area contributed by atoms with Crippen molar-refractivity contribution in [1.82, 2.24) is 0 Å². The molecule has 0 saturated heterocycles. The first-order valence-electron chi connectivity index (χ1n) is 8.83. The Balaban J connectivity index is 1.67. The van der Waals surface area contributed by atoms with Crippen molar-refractivity contribution >= 4 is 35.6 Å². The average molecular weight is 382 g/mol. The van der Waals surface area contributed by atoms with E-state index in [0.717, 1.165) is 29.7 Å². The van der Waals surface area contributed by atoms with Crippen LogP contribution in [-0.2, 0) is 9.53 Å². The Bertz CT molecular complexity index is 881. The minimum Gasteiger partial charge on any atom is -0.494 e. The lowest BCUT2D eigenvalue weighted by molar-refractivity contribution is -0.129. The van der Waals surface area contributed by atoms with E-state index in [9.17, 15) is 4.79 Å². The summed E-state index contributed by atoms with van der Waals surface area (Å²) in [4.78, 5) is 16.2. The first kappa shape index (κ1) is 18.9. The molecule has 0 spiro atoms. The first-order chi connectivity index (χ1) is 13.1. The molecule has 0 unspecified atom stereocenters. The van der Waals surface area contributed by atoms with Crippen LogP contribution in [0.1, 0.15) is 30.9 Å². The molecule has 2 aromatic carbocycles. The third kappa shape index (κ3) is 5.56. The third-order valence-corrected chi connectivity index (χ3v) is 4.13. The fourth-order valence-corrected chi connectivity index (χ4v) is 2.52. The second-order valence-electron chi connectivity index (χ2n) is 6.03. The summed E-state index contributed by atoms with van der Waals surface area (Å²) in [6.07, 6.45) is 7.29. The molecule has 0 fully saturated rings. The van der Waals surface area contributed by atoms with Gasteiger partial charge < -0.3 is 9.47 Å². The standard InChI is InChI=1S/C22H20ClNO3/c1-2-3-14-26-19-11-6-17(7-12-19)15-20-22(25)27-21(24-20)13-8-16-4-9-18(23)10-5-16/h4-13,15H,2-3,14H2,1H3/b13-8+,20-15+. The summed E-state index contributed by atoms with van der Waals surface area (Å²) in [6.45, 7) is 2.83. The number of carbonyl (C=O) groups is 1. The van der Waals surface area contributed by atoms with Crippen molar-refractivity contribution in [1.29, 1.82) is 0 Å². The summed E-state index contributed by atoms with van der Waals surface area (Å²) >= 11 is 5.86. The van der Waals surface area contributed by atoms with Gasteiger partial charge in [-0.3, -0.25) is 0 Å². The number of carbonyl (C=O) groups excluding carboxylic acids is 1. The topological polar surface area (TPSA) is 47.9 Å². The summed E-state index contributed by atoms with van der Waals surface area (Å²) in [7, 11) is 0. The van der Waals surface area contributed by atoms with Gasteiger partial charge in [-0.2, -0.15) is 0 Å². The summed E-state index contributed by atoms with van der Waals surface area (Å²) < 4.78 is 10.8. The number of hydrogen-bond donors (Lipinski definition) is 0. The van der Waals surface area contributed by atoms with Crippen molar-refractivity contribution < 1.29 is 14.3 Å². The highest BCUT2D eigenvalue weighted by Crippen LogP contribution is 2.19. The van der Waals surface area contributed by atoms with Gasteiger partial charge in [-0.05, 0) is 54.0 Å². The fourth-order valence-electron chi connectivity index (χ4n) is 2.39. The number of unbranched alkanes of at least 4 members (excludes halogenated alkanes) is 1. The highest BCUT2D eigenvalue weighted by molar-refractivity contribution is 6.30. The zero-order chi connectivity index (χ0) is 19.1. The van der Waals surface area contributed by atoms with Crippen LogP contribution in [0.3, 0.4) is 0 Å². The van der Waals surface area contributed by atoms with Gasteiger partial charge in [0.2, 0.25) is 5.90 Å². The van der Waals surface area contributed by atoms with Crippen molar-refractivity contribution in [3.05, 3.63) is 76.5 Å². The maximum Gasteiger partial charge on any atom is 0.363 e. The molecule has 0 saturated carbocycles. The highest BCUT2D eigenvalue weighted by Gasteiger charge is 2.21. The summed E-state index contributed by atoms with van der Waals surface area (Å²) in [6, 6.07) is 14.9. The van der Waals surface area contributed by atoms with Gasteiger partial charge >= 0.3 is 5.97 Å². The largest absolute Gasteiger partial charge is 0.494 e. The normalized spacial score (nSPS) is 15.3. The molecule has 0 aromatic heterocycles. The van der Waals surface area contributed by atoms with Gasteiger partial charge in [0.05, 0.1) is 6.61 Å². The number of aliphatic imine (C=N–C) groups is 1. The predicted octanol–water partition coefficient (Wildman–Crippen LogP) is 5.53. The molecule has 1 aliphatic rings. The van der Waals surface area contributed by atoms with Crippen LogP contribution < -0.4 is 4.74 Å². The maximum absolute atomic E-state index is 12.0.